The maximum absolute atomic E-state index is 12.1. The lowest BCUT2D eigenvalue weighted by Crippen LogP contribution is -2.22. The molecule has 0 aliphatic heterocycles. The van der Waals surface area contributed by atoms with Crippen LogP contribution in [0.4, 0.5) is 5.69 Å². The molecule has 2 aromatic carbocycles. The predicted molar refractivity (Wildman–Crippen MR) is 102 cm³/mol. The molecule has 0 unspecified atom stereocenters. The van der Waals surface area contributed by atoms with Gasteiger partial charge in [0.15, 0.2) is 6.61 Å². The average molecular weight is 397 g/mol. The standard InChI is InChI=1S/C18H21ClN2O4S/c1-12-9-14(19)10-13(2)18(12)25-11-17(22)20-15-5-7-16(8-6-15)26(23,24)21(3)4/h5-10H,11H2,1-4H3,(H,20,22). The fourth-order valence-corrected chi connectivity index (χ4v) is 3.61. The fourth-order valence-electron chi connectivity index (χ4n) is 2.38. The number of nitrogens with one attached hydrogen (secondary N) is 1. The molecular weight excluding hydrogens is 376 g/mol. The van der Waals surface area contributed by atoms with E-state index < -0.39 is 10.0 Å². The number of carbonyl (C=O) groups is 1. The summed E-state index contributed by atoms with van der Waals surface area (Å²) in [7, 11) is -0.573. The minimum atomic E-state index is -3.50. The summed E-state index contributed by atoms with van der Waals surface area (Å²) in [4.78, 5) is 12.2. The van der Waals surface area contributed by atoms with Crippen LogP contribution in [0.15, 0.2) is 41.3 Å². The normalized spacial score (nSPS) is 11.5. The molecular formula is C18H21ClN2O4S. The Hall–Kier alpha value is -2.09. The highest BCUT2D eigenvalue weighted by molar-refractivity contribution is 7.89. The van der Waals surface area contributed by atoms with Crippen molar-refractivity contribution < 1.29 is 17.9 Å². The molecule has 0 aromatic heterocycles. The van der Waals surface area contributed by atoms with E-state index in [-0.39, 0.29) is 17.4 Å². The first-order valence-electron chi connectivity index (χ1n) is 7.83. The van der Waals surface area contributed by atoms with Crippen LogP contribution in [0, 0.1) is 13.8 Å². The Labute approximate surface area is 158 Å². The first-order valence-corrected chi connectivity index (χ1v) is 9.65. The monoisotopic (exact) mass is 396 g/mol. The van der Waals surface area contributed by atoms with Crippen molar-refractivity contribution in [1.82, 2.24) is 4.31 Å². The van der Waals surface area contributed by atoms with Gasteiger partial charge in [0.05, 0.1) is 4.90 Å². The SMILES string of the molecule is Cc1cc(Cl)cc(C)c1OCC(=O)Nc1ccc(S(=O)(=O)N(C)C)cc1. The molecule has 6 nitrogen and oxygen atoms in total. The molecule has 0 atom stereocenters. The number of halogens is 1. The van der Waals surface area contributed by atoms with Gasteiger partial charge in [-0.3, -0.25) is 4.79 Å². The maximum atomic E-state index is 12.1. The highest BCUT2D eigenvalue weighted by Gasteiger charge is 2.17. The van der Waals surface area contributed by atoms with Gasteiger partial charge in [-0.1, -0.05) is 11.6 Å². The van der Waals surface area contributed by atoms with Gasteiger partial charge in [0, 0.05) is 24.8 Å². The molecule has 0 spiro atoms. The van der Waals surface area contributed by atoms with E-state index in [1.165, 1.54) is 38.4 Å². The number of hydrogen-bond acceptors (Lipinski definition) is 4. The third-order valence-corrected chi connectivity index (χ3v) is 5.74. The van der Waals surface area contributed by atoms with Gasteiger partial charge in [0.25, 0.3) is 5.91 Å². The minimum Gasteiger partial charge on any atom is -0.483 e. The molecule has 0 bridgehead atoms. The van der Waals surface area contributed by atoms with Crippen molar-refractivity contribution in [2.24, 2.45) is 0 Å². The zero-order valence-corrected chi connectivity index (χ0v) is 16.6. The Balaban J connectivity index is 2.01. The second kappa shape index (κ2) is 8.07. The third-order valence-electron chi connectivity index (χ3n) is 3.69. The number of anilines is 1. The van der Waals surface area contributed by atoms with Crippen LogP contribution >= 0.6 is 11.6 Å². The van der Waals surface area contributed by atoms with Crippen molar-refractivity contribution in [3.8, 4) is 5.75 Å². The van der Waals surface area contributed by atoms with E-state index in [9.17, 15) is 13.2 Å². The molecule has 8 heteroatoms. The van der Waals surface area contributed by atoms with Crippen LogP contribution in [0.25, 0.3) is 0 Å². The largest absolute Gasteiger partial charge is 0.483 e. The molecule has 2 rings (SSSR count). The first kappa shape index (κ1) is 20.2. The lowest BCUT2D eigenvalue weighted by molar-refractivity contribution is -0.118. The van der Waals surface area contributed by atoms with Crippen molar-refractivity contribution in [2.45, 2.75) is 18.7 Å². The van der Waals surface area contributed by atoms with Gasteiger partial charge in [0.1, 0.15) is 5.75 Å². The van der Waals surface area contributed by atoms with Crippen LogP contribution in [0.2, 0.25) is 5.02 Å². The molecule has 0 radical (unpaired) electrons. The Morgan fingerprint density at radius 1 is 1.12 bits per heavy atom. The van der Waals surface area contributed by atoms with Crippen molar-refractivity contribution in [1.29, 1.82) is 0 Å². The van der Waals surface area contributed by atoms with Gasteiger partial charge < -0.3 is 10.1 Å². The summed E-state index contributed by atoms with van der Waals surface area (Å²) >= 11 is 5.98. The van der Waals surface area contributed by atoms with E-state index in [2.05, 4.69) is 5.32 Å². The van der Waals surface area contributed by atoms with Gasteiger partial charge >= 0.3 is 0 Å². The number of rotatable bonds is 6. The average Bonchev–Trinajstić information content (AvgIpc) is 2.54. The number of aryl methyl sites for hydroxylation is 2. The van der Waals surface area contributed by atoms with E-state index in [4.69, 9.17) is 16.3 Å². The predicted octanol–water partition coefficient (Wildman–Crippen LogP) is 3.22. The molecule has 0 saturated heterocycles. The summed E-state index contributed by atoms with van der Waals surface area (Å²) < 4.78 is 30.8. The number of sulfonamides is 1. The van der Waals surface area contributed by atoms with E-state index in [1.54, 1.807) is 12.1 Å². The quantitative estimate of drug-likeness (QED) is 0.813. The van der Waals surface area contributed by atoms with Crippen LogP contribution in [-0.2, 0) is 14.8 Å². The minimum absolute atomic E-state index is 0.157. The van der Waals surface area contributed by atoms with Crippen LogP contribution in [-0.4, -0.2) is 39.3 Å². The van der Waals surface area contributed by atoms with Crippen molar-refractivity contribution in [3.63, 3.8) is 0 Å². The molecule has 26 heavy (non-hydrogen) atoms. The van der Waals surface area contributed by atoms with Gasteiger partial charge in [-0.15, -0.1) is 0 Å². The zero-order valence-electron chi connectivity index (χ0n) is 15.0. The molecule has 0 saturated carbocycles. The van der Waals surface area contributed by atoms with Crippen LogP contribution in [0.3, 0.4) is 0 Å². The topological polar surface area (TPSA) is 75.7 Å². The van der Waals surface area contributed by atoms with Gasteiger partial charge in [0.2, 0.25) is 10.0 Å². The van der Waals surface area contributed by atoms with Gasteiger partial charge in [-0.05, 0) is 61.4 Å². The summed E-state index contributed by atoms with van der Waals surface area (Å²) in [6.45, 7) is 3.55. The summed E-state index contributed by atoms with van der Waals surface area (Å²) in [6, 6.07) is 9.50. The number of nitrogens with zero attached hydrogens (tertiary/aromatic N) is 1. The number of ether oxygens (including phenoxy) is 1. The maximum Gasteiger partial charge on any atom is 0.262 e. The first-order chi connectivity index (χ1) is 12.1. The third kappa shape index (κ3) is 4.75. The van der Waals surface area contributed by atoms with Crippen molar-refractivity contribution in [3.05, 3.63) is 52.5 Å². The van der Waals surface area contributed by atoms with E-state index in [0.29, 0.717) is 16.5 Å². The van der Waals surface area contributed by atoms with Gasteiger partial charge in [-0.2, -0.15) is 0 Å². The number of hydrogen-bond donors (Lipinski definition) is 1. The Morgan fingerprint density at radius 3 is 2.15 bits per heavy atom. The summed E-state index contributed by atoms with van der Waals surface area (Å²) in [5.74, 6) is 0.277. The van der Waals surface area contributed by atoms with Crippen LogP contribution < -0.4 is 10.1 Å². The van der Waals surface area contributed by atoms with E-state index in [0.717, 1.165) is 15.4 Å². The molecule has 1 N–H and O–H groups in total. The highest BCUT2D eigenvalue weighted by Crippen LogP contribution is 2.27. The second-order valence-electron chi connectivity index (χ2n) is 6.02. The van der Waals surface area contributed by atoms with Crippen molar-refractivity contribution >= 4 is 33.2 Å². The van der Waals surface area contributed by atoms with E-state index in [1.807, 2.05) is 13.8 Å². The summed E-state index contributed by atoms with van der Waals surface area (Å²) in [5.41, 5.74) is 2.18. The molecule has 0 aliphatic rings. The number of carbonyl (C=O) groups excluding carboxylic acids is 1. The Kier molecular flexibility index (Phi) is 6.28. The number of benzene rings is 2. The highest BCUT2D eigenvalue weighted by atomic mass is 35.5. The molecule has 0 fully saturated rings. The zero-order chi connectivity index (χ0) is 19.5. The lowest BCUT2D eigenvalue weighted by atomic mass is 10.1. The molecule has 0 heterocycles. The van der Waals surface area contributed by atoms with Gasteiger partial charge in [-0.25, -0.2) is 12.7 Å². The Bertz CT molecular complexity index is 886. The molecule has 2 aromatic rings. The van der Waals surface area contributed by atoms with Crippen molar-refractivity contribution in [2.75, 3.05) is 26.0 Å². The fraction of sp³-hybridized carbons (Fsp3) is 0.278. The Morgan fingerprint density at radius 2 is 1.65 bits per heavy atom. The summed E-state index contributed by atoms with van der Waals surface area (Å²) in [5, 5.41) is 3.29. The smallest absolute Gasteiger partial charge is 0.262 e. The summed E-state index contributed by atoms with van der Waals surface area (Å²) in [6.07, 6.45) is 0. The number of amides is 1. The molecule has 140 valence electrons. The van der Waals surface area contributed by atoms with E-state index >= 15 is 0 Å². The second-order valence-corrected chi connectivity index (χ2v) is 8.61. The van der Waals surface area contributed by atoms with Crippen LogP contribution in [0.5, 0.6) is 5.75 Å². The van der Waals surface area contributed by atoms with Crippen LogP contribution in [0.1, 0.15) is 11.1 Å². The molecule has 0 aliphatic carbocycles. The lowest BCUT2D eigenvalue weighted by Gasteiger charge is -2.13. The molecule has 1 amide bonds.